The maximum Gasteiger partial charge on any atom is 0.406 e. The number of alkyl carbamates (subject to hydrolysis) is 1. The van der Waals surface area contributed by atoms with Crippen LogP contribution in [0.4, 0.5) is 13.6 Å². The third kappa shape index (κ3) is 7.79. The van der Waals surface area contributed by atoms with Gasteiger partial charge in [-0.15, -0.1) is 5.10 Å². The topological polar surface area (TPSA) is 192 Å². The molecule has 3 atom stereocenters. The molecule has 3 aliphatic rings. The molecule has 51 heavy (non-hydrogen) atoms. The van der Waals surface area contributed by atoms with E-state index in [0.29, 0.717) is 30.9 Å². The zero-order chi connectivity index (χ0) is 36.3. The second-order valence-corrected chi connectivity index (χ2v) is 12.7. The van der Waals surface area contributed by atoms with E-state index in [2.05, 4.69) is 31.0 Å². The largest absolute Gasteiger partial charge is 0.453 e. The number of carbonyl (C=O) groups excluding carboxylic acids is 5. The second-order valence-electron chi connectivity index (χ2n) is 12.7. The van der Waals surface area contributed by atoms with Crippen molar-refractivity contribution in [2.75, 3.05) is 26.7 Å². The number of hydrogen-bond donors (Lipinski definition) is 3. The molecule has 266 valence electrons. The molecule has 0 unspecified atom stereocenters. The number of fused-ring (bicyclic) bond motifs is 1. The van der Waals surface area contributed by atoms with E-state index in [4.69, 9.17) is 0 Å². The summed E-state index contributed by atoms with van der Waals surface area (Å²) in [5.74, 6) is -5.77. The minimum absolute atomic E-state index is 0.0174. The molecule has 15 nitrogen and oxygen atoms in total. The Labute approximate surface area is 290 Å². The Morgan fingerprint density at radius 2 is 1.86 bits per heavy atom. The van der Waals surface area contributed by atoms with Gasteiger partial charge in [-0.1, -0.05) is 35.5 Å². The lowest BCUT2D eigenvalue weighted by Gasteiger charge is -2.22. The summed E-state index contributed by atoms with van der Waals surface area (Å²) in [7, 11) is 1.26. The Bertz CT molecular complexity index is 1890. The first-order valence-electron chi connectivity index (χ1n) is 16.3. The van der Waals surface area contributed by atoms with Gasteiger partial charge in [-0.25, -0.2) is 18.3 Å². The fraction of sp³-hybridized carbons (Fsp3) is 0.412. The van der Waals surface area contributed by atoms with Crippen molar-refractivity contribution in [3.63, 3.8) is 0 Å². The fourth-order valence-corrected chi connectivity index (χ4v) is 6.59. The molecule has 3 N–H and O–H groups in total. The second kappa shape index (κ2) is 14.5. The molecule has 3 aromatic rings. The highest BCUT2D eigenvalue weighted by molar-refractivity contribution is 5.95. The van der Waals surface area contributed by atoms with E-state index in [9.17, 15) is 38.0 Å². The number of carbonyl (C=O) groups is 5. The molecule has 6 rings (SSSR count). The van der Waals surface area contributed by atoms with Crippen LogP contribution in [0.2, 0.25) is 0 Å². The predicted octanol–water partition coefficient (Wildman–Crippen LogP) is 1.58. The Morgan fingerprint density at radius 1 is 1.10 bits per heavy atom. The van der Waals surface area contributed by atoms with Gasteiger partial charge in [-0.2, -0.15) is 5.26 Å². The molecule has 0 spiro atoms. The normalized spacial score (nSPS) is 20.4. The smallest absolute Gasteiger partial charge is 0.406 e. The first-order valence-corrected chi connectivity index (χ1v) is 16.3. The summed E-state index contributed by atoms with van der Waals surface area (Å²) >= 11 is 0. The van der Waals surface area contributed by atoms with Crippen LogP contribution in [0.15, 0.2) is 48.7 Å². The maximum absolute atomic E-state index is 13.9. The molecule has 2 aromatic carbocycles. The van der Waals surface area contributed by atoms with Crippen LogP contribution in [0.5, 0.6) is 0 Å². The molecule has 4 heterocycles. The van der Waals surface area contributed by atoms with Crippen LogP contribution < -0.4 is 16.0 Å². The fourth-order valence-electron chi connectivity index (χ4n) is 6.59. The summed E-state index contributed by atoms with van der Waals surface area (Å²) < 4.78 is 34.0. The summed E-state index contributed by atoms with van der Waals surface area (Å²) in [4.78, 5) is 65.0. The van der Waals surface area contributed by atoms with Crippen molar-refractivity contribution >= 4 is 29.7 Å². The van der Waals surface area contributed by atoms with Crippen LogP contribution in [0, 0.1) is 17.2 Å². The van der Waals surface area contributed by atoms with E-state index >= 15 is 0 Å². The highest BCUT2D eigenvalue weighted by atomic mass is 19.3. The van der Waals surface area contributed by atoms with E-state index in [-0.39, 0.29) is 37.7 Å². The number of alkyl halides is 2. The number of nitriles is 1. The minimum atomic E-state index is -3.17. The van der Waals surface area contributed by atoms with Crippen LogP contribution in [-0.4, -0.2) is 99.3 Å². The average molecular weight is 704 g/mol. The quantitative estimate of drug-likeness (QED) is 0.263. The molecule has 0 saturated carbocycles. The van der Waals surface area contributed by atoms with Crippen molar-refractivity contribution in [1.82, 2.24) is 40.7 Å². The number of hydrogen-bond acceptors (Lipinski definition) is 9. The first kappa shape index (κ1) is 34.9. The monoisotopic (exact) mass is 703 g/mol. The molecule has 17 heteroatoms. The van der Waals surface area contributed by atoms with E-state index in [1.165, 1.54) is 7.11 Å². The molecule has 3 aliphatic heterocycles. The Hall–Kier alpha value is -5.92. The molecule has 0 bridgehead atoms. The third-order valence-corrected chi connectivity index (χ3v) is 9.24. The maximum atomic E-state index is 13.9. The van der Waals surface area contributed by atoms with Crippen molar-refractivity contribution in [3.05, 3.63) is 70.9 Å². The van der Waals surface area contributed by atoms with Gasteiger partial charge in [0.1, 0.15) is 17.8 Å². The zero-order valence-corrected chi connectivity index (χ0v) is 27.6. The number of aromatic nitrogens is 3. The van der Waals surface area contributed by atoms with Gasteiger partial charge < -0.3 is 30.5 Å². The van der Waals surface area contributed by atoms with E-state index in [1.54, 1.807) is 46.1 Å². The van der Waals surface area contributed by atoms with Crippen LogP contribution in [0.3, 0.4) is 0 Å². The number of benzene rings is 2. The Kier molecular flexibility index (Phi) is 9.94. The zero-order valence-electron chi connectivity index (χ0n) is 27.6. The standard InChI is InChI=1S/C34H35F2N9O6/c1-51-33(50)39-10-9-38-30(47)21-7-5-20(6-8-21)28-18-44(42-41-28)16-23-4-2-3-22-15-43(17-26(22)23)29(46)12-24-11-27(40-31(24)48)32(49)45-19-34(35,36)13-25(45)14-37/h2-8,18,24-25,27H,9-13,15-17,19H2,1H3,(H,38,47)(H,39,50)(H,40,48)/t24-,25-,27-/m0/s1. The molecule has 2 fully saturated rings. The molecule has 2 saturated heterocycles. The van der Waals surface area contributed by atoms with Gasteiger partial charge >= 0.3 is 6.09 Å². The van der Waals surface area contributed by atoms with Crippen molar-refractivity contribution in [2.24, 2.45) is 5.92 Å². The molecular formula is C34H35F2N9O6. The van der Waals surface area contributed by atoms with Crippen molar-refractivity contribution < 1.29 is 37.5 Å². The number of rotatable bonds is 10. The van der Waals surface area contributed by atoms with Gasteiger partial charge in [0, 0.05) is 56.1 Å². The Morgan fingerprint density at radius 3 is 2.61 bits per heavy atom. The lowest BCUT2D eigenvalue weighted by molar-refractivity contribution is -0.135. The number of ether oxygens (including phenoxy) is 1. The molecule has 0 aliphatic carbocycles. The molecular weight excluding hydrogens is 668 g/mol. The molecule has 0 radical (unpaired) electrons. The number of methoxy groups -OCH3 is 1. The number of nitrogens with one attached hydrogen (secondary N) is 3. The van der Waals surface area contributed by atoms with E-state index < -0.39 is 54.8 Å². The highest BCUT2D eigenvalue weighted by Crippen LogP contribution is 2.34. The summed E-state index contributed by atoms with van der Waals surface area (Å²) in [6.45, 7) is 0.622. The SMILES string of the molecule is COC(=O)NCCNC(=O)c1ccc(-c2cn(Cc3cccc4c3CN(C(=O)C[C@@H]3C[C@@H](C(=O)N5CC(F)(F)C[C@H]5C#N)NC3=O)C4)nn2)cc1. The first-order chi connectivity index (χ1) is 24.4. The van der Waals surface area contributed by atoms with Gasteiger partial charge in [0.05, 0.1) is 32.5 Å². The number of likely N-dealkylation sites (tertiary alicyclic amines) is 1. The predicted molar refractivity (Wildman–Crippen MR) is 173 cm³/mol. The summed E-state index contributed by atoms with van der Waals surface area (Å²) in [5.41, 5.74) is 4.64. The minimum Gasteiger partial charge on any atom is -0.453 e. The highest BCUT2D eigenvalue weighted by Gasteiger charge is 2.50. The Balaban J connectivity index is 1.02. The van der Waals surface area contributed by atoms with Gasteiger partial charge in [0.2, 0.25) is 17.7 Å². The summed E-state index contributed by atoms with van der Waals surface area (Å²) in [5, 5.41) is 25.5. The van der Waals surface area contributed by atoms with Crippen molar-refractivity contribution in [2.45, 2.75) is 56.9 Å². The summed E-state index contributed by atoms with van der Waals surface area (Å²) in [6, 6.07) is 12.0. The number of amides is 5. The van der Waals surface area contributed by atoms with Crippen LogP contribution in [-0.2, 0) is 38.8 Å². The van der Waals surface area contributed by atoms with Gasteiger partial charge in [-0.05, 0) is 35.2 Å². The van der Waals surface area contributed by atoms with Gasteiger partial charge in [0.15, 0.2) is 0 Å². The lowest BCUT2D eigenvalue weighted by atomic mass is 9.99. The summed E-state index contributed by atoms with van der Waals surface area (Å²) in [6.07, 6.45) is 0.296. The van der Waals surface area contributed by atoms with E-state index in [0.717, 1.165) is 27.2 Å². The van der Waals surface area contributed by atoms with Crippen molar-refractivity contribution in [3.8, 4) is 17.3 Å². The molecule has 1 aromatic heterocycles. The van der Waals surface area contributed by atoms with E-state index in [1.807, 2.05) is 18.2 Å². The van der Waals surface area contributed by atoms with Crippen LogP contribution in [0.1, 0.15) is 46.3 Å². The average Bonchev–Trinajstić information content (AvgIpc) is 3.92. The van der Waals surface area contributed by atoms with Crippen LogP contribution in [0.25, 0.3) is 11.3 Å². The molecule has 5 amide bonds. The van der Waals surface area contributed by atoms with Crippen LogP contribution >= 0.6 is 0 Å². The lowest BCUT2D eigenvalue weighted by Crippen LogP contribution is -2.46. The van der Waals surface area contributed by atoms with Gasteiger partial charge in [-0.3, -0.25) is 19.2 Å². The van der Waals surface area contributed by atoms with Gasteiger partial charge in [0.25, 0.3) is 11.8 Å². The van der Waals surface area contributed by atoms with Crippen molar-refractivity contribution in [1.29, 1.82) is 5.26 Å². The number of nitrogens with zero attached hydrogens (tertiary/aromatic N) is 6. The third-order valence-electron chi connectivity index (χ3n) is 9.24. The number of halogens is 2.